The van der Waals surface area contributed by atoms with Gasteiger partial charge in [-0.15, -0.1) is 11.3 Å². The molecule has 0 amide bonds. The Kier molecular flexibility index (Phi) is 8.90. The molecule has 0 aliphatic carbocycles. The summed E-state index contributed by atoms with van der Waals surface area (Å²) < 4.78 is 42.7. The average Bonchev–Trinajstić information content (AvgIpc) is 3.25. The maximum atomic E-state index is 12.6. The molecule has 1 fully saturated rings. The monoisotopic (exact) mass is 449 g/mol. The molecule has 7 nitrogen and oxygen atoms in total. The predicted octanol–water partition coefficient (Wildman–Crippen LogP) is 3.13. The predicted molar refractivity (Wildman–Crippen MR) is 111 cm³/mol. The van der Waals surface area contributed by atoms with Crippen LogP contribution in [0.4, 0.5) is 13.2 Å². The second-order valence-corrected chi connectivity index (χ2v) is 8.31. The molecule has 1 aromatic rings. The molecular weight excluding hydrogens is 419 g/mol. The maximum absolute atomic E-state index is 12.6. The molecule has 0 aromatic carbocycles. The summed E-state index contributed by atoms with van der Waals surface area (Å²) >= 11 is 1.28. The third-order valence-electron chi connectivity index (χ3n) is 4.62. The normalized spacial score (nSPS) is 19.0. The van der Waals surface area contributed by atoms with Gasteiger partial charge in [-0.2, -0.15) is 13.2 Å². The van der Waals surface area contributed by atoms with Crippen LogP contribution in [0.5, 0.6) is 0 Å². The summed E-state index contributed by atoms with van der Waals surface area (Å²) in [6.07, 6.45) is -3.47. The zero-order valence-electron chi connectivity index (χ0n) is 17.8. The van der Waals surface area contributed by atoms with Crippen LogP contribution in [0, 0.1) is 12.8 Å². The van der Waals surface area contributed by atoms with Gasteiger partial charge in [-0.05, 0) is 46.6 Å². The summed E-state index contributed by atoms with van der Waals surface area (Å²) in [5.41, 5.74) is 0.625. The number of hydrogen-bond acceptors (Lipinski definition) is 6. The van der Waals surface area contributed by atoms with Gasteiger partial charge in [-0.25, -0.2) is 9.78 Å². The van der Waals surface area contributed by atoms with Crippen molar-refractivity contribution in [2.75, 3.05) is 39.3 Å². The average molecular weight is 450 g/mol. The standard InChI is InChI=1S/C19H30F3N5O2S/c1-5-23-18(24-9-14-7-8-27(10-14)11-19(20,21)22)26-13(4)16-25-12(3)15(30-16)17(28)29-6-2/h13-14H,5-11H2,1-4H3,(H2,23,24,26). The van der Waals surface area contributed by atoms with Gasteiger partial charge >= 0.3 is 12.1 Å². The molecule has 2 rings (SSSR count). The first kappa shape index (κ1) is 24.4. The van der Waals surface area contributed by atoms with Crippen LogP contribution in [0.25, 0.3) is 0 Å². The minimum absolute atomic E-state index is 0.0932. The summed E-state index contributed by atoms with van der Waals surface area (Å²) in [5.74, 6) is 0.289. The summed E-state index contributed by atoms with van der Waals surface area (Å²) in [6.45, 7) is 8.75. The van der Waals surface area contributed by atoms with E-state index in [2.05, 4.69) is 20.6 Å². The first-order valence-corrected chi connectivity index (χ1v) is 10.9. The van der Waals surface area contributed by atoms with Crippen molar-refractivity contribution in [2.45, 2.75) is 46.3 Å². The number of aliphatic imine (C=N–C) groups is 1. The fraction of sp³-hybridized carbons (Fsp3) is 0.737. The number of thiazole rings is 1. The molecular formula is C19H30F3N5O2S. The Morgan fingerprint density at radius 2 is 2.17 bits per heavy atom. The van der Waals surface area contributed by atoms with Gasteiger partial charge in [0.2, 0.25) is 0 Å². The summed E-state index contributed by atoms with van der Waals surface area (Å²) in [5, 5.41) is 7.15. The number of guanidine groups is 1. The molecule has 11 heteroatoms. The van der Waals surface area contributed by atoms with Gasteiger partial charge < -0.3 is 15.4 Å². The first-order chi connectivity index (χ1) is 14.1. The second kappa shape index (κ2) is 10.9. The fourth-order valence-electron chi connectivity index (χ4n) is 3.25. The number of aromatic nitrogens is 1. The van der Waals surface area contributed by atoms with Crippen molar-refractivity contribution in [1.82, 2.24) is 20.5 Å². The summed E-state index contributed by atoms with van der Waals surface area (Å²) in [4.78, 5) is 22.9. The highest BCUT2D eigenvalue weighted by Crippen LogP contribution is 2.25. The van der Waals surface area contributed by atoms with E-state index in [-0.39, 0.29) is 17.9 Å². The quantitative estimate of drug-likeness (QED) is 0.361. The number of hydrogen-bond donors (Lipinski definition) is 2. The maximum Gasteiger partial charge on any atom is 0.401 e. The third kappa shape index (κ3) is 7.42. The van der Waals surface area contributed by atoms with Crippen molar-refractivity contribution in [3.8, 4) is 0 Å². The van der Waals surface area contributed by atoms with E-state index < -0.39 is 12.7 Å². The van der Waals surface area contributed by atoms with Crippen molar-refractivity contribution in [1.29, 1.82) is 0 Å². The van der Waals surface area contributed by atoms with E-state index in [0.29, 0.717) is 55.7 Å². The Labute approximate surface area is 179 Å². The highest BCUT2D eigenvalue weighted by molar-refractivity contribution is 7.13. The SMILES string of the molecule is CCNC(=NCC1CCN(CC(F)(F)F)C1)NC(C)c1nc(C)c(C(=O)OCC)s1. The van der Waals surface area contributed by atoms with Crippen LogP contribution in [-0.4, -0.2) is 67.3 Å². The van der Waals surface area contributed by atoms with Crippen molar-refractivity contribution in [2.24, 2.45) is 10.9 Å². The molecule has 170 valence electrons. The lowest BCUT2D eigenvalue weighted by Gasteiger charge is -2.18. The van der Waals surface area contributed by atoms with Gasteiger partial charge in [-0.1, -0.05) is 0 Å². The van der Waals surface area contributed by atoms with Crippen molar-refractivity contribution >= 4 is 23.3 Å². The van der Waals surface area contributed by atoms with Gasteiger partial charge in [-0.3, -0.25) is 9.89 Å². The molecule has 1 saturated heterocycles. The number of carbonyl (C=O) groups is 1. The number of carbonyl (C=O) groups excluding carboxylic acids is 1. The lowest BCUT2D eigenvalue weighted by molar-refractivity contribution is -0.143. The Bertz CT molecular complexity index is 738. The Morgan fingerprint density at radius 3 is 2.80 bits per heavy atom. The number of esters is 1. The molecule has 2 N–H and O–H groups in total. The third-order valence-corrected chi connectivity index (χ3v) is 5.94. The molecule has 0 bridgehead atoms. The van der Waals surface area contributed by atoms with Crippen LogP contribution in [-0.2, 0) is 4.74 Å². The fourth-order valence-corrected chi connectivity index (χ4v) is 4.22. The molecule has 0 spiro atoms. The highest BCUT2D eigenvalue weighted by Gasteiger charge is 2.34. The van der Waals surface area contributed by atoms with Gasteiger partial charge in [0.25, 0.3) is 0 Å². The molecule has 1 aliphatic heterocycles. The number of nitrogens with one attached hydrogen (secondary N) is 2. The van der Waals surface area contributed by atoms with E-state index in [1.165, 1.54) is 16.2 Å². The lowest BCUT2D eigenvalue weighted by Crippen LogP contribution is -2.39. The summed E-state index contributed by atoms with van der Waals surface area (Å²) in [6, 6.07) is -0.194. The number of likely N-dealkylation sites (tertiary alicyclic amines) is 1. The smallest absolute Gasteiger partial charge is 0.401 e. The lowest BCUT2D eigenvalue weighted by atomic mass is 10.1. The zero-order chi connectivity index (χ0) is 22.3. The van der Waals surface area contributed by atoms with E-state index >= 15 is 0 Å². The molecule has 2 heterocycles. The largest absolute Gasteiger partial charge is 0.462 e. The molecule has 2 atom stereocenters. The van der Waals surface area contributed by atoms with E-state index in [9.17, 15) is 18.0 Å². The number of rotatable bonds is 8. The Hall–Kier alpha value is -1.88. The molecule has 0 radical (unpaired) electrons. The van der Waals surface area contributed by atoms with Crippen LogP contribution >= 0.6 is 11.3 Å². The van der Waals surface area contributed by atoms with Crippen molar-refractivity contribution in [3.63, 3.8) is 0 Å². The number of aryl methyl sites for hydroxylation is 1. The van der Waals surface area contributed by atoms with Crippen LogP contribution < -0.4 is 10.6 Å². The first-order valence-electron chi connectivity index (χ1n) is 10.1. The van der Waals surface area contributed by atoms with Crippen LogP contribution in [0.15, 0.2) is 4.99 Å². The van der Waals surface area contributed by atoms with Crippen LogP contribution in [0.3, 0.4) is 0 Å². The van der Waals surface area contributed by atoms with E-state index in [1.54, 1.807) is 13.8 Å². The molecule has 1 aromatic heterocycles. The van der Waals surface area contributed by atoms with Crippen LogP contribution in [0.2, 0.25) is 0 Å². The Morgan fingerprint density at radius 1 is 1.43 bits per heavy atom. The number of halogens is 3. The second-order valence-electron chi connectivity index (χ2n) is 7.28. The zero-order valence-corrected chi connectivity index (χ0v) is 18.6. The van der Waals surface area contributed by atoms with Crippen molar-refractivity contribution in [3.05, 3.63) is 15.6 Å². The Balaban J connectivity index is 1.96. The number of alkyl halides is 3. The molecule has 30 heavy (non-hydrogen) atoms. The topological polar surface area (TPSA) is 78.9 Å². The van der Waals surface area contributed by atoms with Gasteiger partial charge in [0.05, 0.1) is 24.9 Å². The van der Waals surface area contributed by atoms with Crippen molar-refractivity contribution < 1.29 is 22.7 Å². The number of nitrogens with zero attached hydrogens (tertiary/aromatic N) is 3. The molecule has 1 aliphatic rings. The van der Waals surface area contributed by atoms with E-state index in [4.69, 9.17) is 4.74 Å². The van der Waals surface area contributed by atoms with Gasteiger partial charge in [0, 0.05) is 19.6 Å². The van der Waals surface area contributed by atoms with Gasteiger partial charge in [0.15, 0.2) is 5.96 Å². The highest BCUT2D eigenvalue weighted by atomic mass is 32.1. The van der Waals surface area contributed by atoms with Crippen LogP contribution in [0.1, 0.15) is 53.6 Å². The number of ether oxygens (including phenoxy) is 1. The van der Waals surface area contributed by atoms with E-state index in [0.717, 1.165) is 5.01 Å². The minimum Gasteiger partial charge on any atom is -0.462 e. The summed E-state index contributed by atoms with van der Waals surface area (Å²) in [7, 11) is 0. The van der Waals surface area contributed by atoms with E-state index in [1.807, 2.05) is 13.8 Å². The van der Waals surface area contributed by atoms with Gasteiger partial charge in [0.1, 0.15) is 9.88 Å². The molecule has 0 saturated carbocycles. The minimum atomic E-state index is -4.17. The molecule has 2 unspecified atom stereocenters.